The van der Waals surface area contributed by atoms with Gasteiger partial charge in [0.05, 0.1) is 5.69 Å². The fraction of sp³-hybridized carbons (Fsp3) is 0.467. The average Bonchev–Trinajstić information content (AvgIpc) is 3.13. The van der Waals surface area contributed by atoms with Crippen LogP contribution in [-0.4, -0.2) is 48.7 Å². The molecule has 0 amide bonds. The minimum Gasteiger partial charge on any atom is -0.364 e. The number of nitrogens with zero attached hydrogens (tertiary/aromatic N) is 7. The molecule has 3 aromatic rings. The first kappa shape index (κ1) is 14.0. The fourth-order valence-electron chi connectivity index (χ4n) is 3.21. The first-order chi connectivity index (χ1) is 11.2. The highest BCUT2D eigenvalue weighted by Gasteiger charge is 2.22. The molecule has 23 heavy (non-hydrogen) atoms. The maximum atomic E-state index is 4.49. The maximum Gasteiger partial charge on any atom is 0.177 e. The molecule has 8 heteroatoms. The van der Waals surface area contributed by atoms with Crippen molar-refractivity contribution in [2.45, 2.75) is 25.8 Å². The molecule has 1 aliphatic rings. The van der Waals surface area contributed by atoms with Crippen LogP contribution in [0.5, 0.6) is 0 Å². The van der Waals surface area contributed by atoms with Gasteiger partial charge < -0.3 is 10.2 Å². The molecule has 1 atom stereocenters. The zero-order chi connectivity index (χ0) is 15.8. The van der Waals surface area contributed by atoms with Gasteiger partial charge in [-0.1, -0.05) is 0 Å². The van der Waals surface area contributed by atoms with Gasteiger partial charge in [0.15, 0.2) is 5.65 Å². The Balaban J connectivity index is 1.49. The van der Waals surface area contributed by atoms with Crippen LogP contribution >= 0.6 is 0 Å². The van der Waals surface area contributed by atoms with Gasteiger partial charge in [-0.3, -0.25) is 4.68 Å². The van der Waals surface area contributed by atoms with E-state index in [-0.39, 0.29) is 0 Å². The van der Waals surface area contributed by atoms with Crippen molar-refractivity contribution in [3.05, 3.63) is 30.2 Å². The zero-order valence-electron chi connectivity index (χ0n) is 13.3. The van der Waals surface area contributed by atoms with Gasteiger partial charge in [0.1, 0.15) is 18.0 Å². The summed E-state index contributed by atoms with van der Waals surface area (Å²) < 4.78 is 3.65. The second kappa shape index (κ2) is 5.53. The molecule has 1 unspecified atom stereocenters. The van der Waals surface area contributed by atoms with E-state index in [1.54, 1.807) is 10.8 Å². The molecule has 0 spiro atoms. The molecule has 1 fully saturated rings. The first-order valence-electron chi connectivity index (χ1n) is 7.88. The monoisotopic (exact) mass is 312 g/mol. The number of piperidine rings is 1. The van der Waals surface area contributed by atoms with Crippen LogP contribution in [0.2, 0.25) is 0 Å². The molecule has 4 heterocycles. The molecular weight excluding hydrogens is 292 g/mol. The molecule has 120 valence electrons. The third-order valence-electron chi connectivity index (χ3n) is 4.24. The molecular formula is C15H20N8. The van der Waals surface area contributed by atoms with Crippen LogP contribution < -0.4 is 10.2 Å². The topological polar surface area (TPSA) is 76.2 Å². The van der Waals surface area contributed by atoms with E-state index in [1.165, 1.54) is 5.82 Å². The van der Waals surface area contributed by atoms with Crippen molar-refractivity contribution in [3.63, 3.8) is 0 Å². The highest BCUT2D eigenvalue weighted by atomic mass is 15.4. The van der Waals surface area contributed by atoms with E-state index >= 15 is 0 Å². The molecule has 0 aliphatic carbocycles. The van der Waals surface area contributed by atoms with Crippen LogP contribution in [0.25, 0.3) is 5.65 Å². The van der Waals surface area contributed by atoms with Gasteiger partial charge in [0, 0.05) is 32.2 Å². The molecule has 1 N–H and O–H groups in total. The van der Waals surface area contributed by atoms with Crippen molar-refractivity contribution in [1.29, 1.82) is 0 Å². The van der Waals surface area contributed by atoms with E-state index in [0.717, 1.165) is 43.1 Å². The summed E-state index contributed by atoms with van der Waals surface area (Å²) in [5.41, 5.74) is 1.81. The predicted octanol–water partition coefficient (Wildman–Crippen LogP) is 1.25. The molecule has 0 aromatic carbocycles. The van der Waals surface area contributed by atoms with Crippen molar-refractivity contribution in [2.24, 2.45) is 7.05 Å². The van der Waals surface area contributed by atoms with Gasteiger partial charge in [-0.25, -0.2) is 0 Å². The third kappa shape index (κ3) is 2.71. The van der Waals surface area contributed by atoms with Crippen LogP contribution in [0.4, 0.5) is 11.6 Å². The number of fused-ring (bicyclic) bond motifs is 1. The van der Waals surface area contributed by atoms with Crippen LogP contribution in [0.1, 0.15) is 18.5 Å². The molecule has 1 saturated heterocycles. The Kier molecular flexibility index (Phi) is 3.36. The van der Waals surface area contributed by atoms with E-state index in [4.69, 9.17) is 0 Å². The Bertz CT molecular complexity index is 820. The minimum absolute atomic E-state index is 0.361. The Morgan fingerprint density at radius 1 is 1.26 bits per heavy atom. The van der Waals surface area contributed by atoms with Crippen molar-refractivity contribution in [2.75, 3.05) is 23.3 Å². The third-order valence-corrected chi connectivity index (χ3v) is 4.24. The summed E-state index contributed by atoms with van der Waals surface area (Å²) in [5.74, 6) is 2.03. The Morgan fingerprint density at radius 3 is 3.00 bits per heavy atom. The Labute approximate surface area is 134 Å². The van der Waals surface area contributed by atoms with E-state index in [9.17, 15) is 0 Å². The first-order valence-corrected chi connectivity index (χ1v) is 7.88. The number of aryl methyl sites for hydroxylation is 2. The normalized spacial score (nSPS) is 18.5. The van der Waals surface area contributed by atoms with Gasteiger partial charge in [0.25, 0.3) is 0 Å². The van der Waals surface area contributed by atoms with Crippen molar-refractivity contribution >= 4 is 17.3 Å². The number of nitrogens with one attached hydrogen (secondary N) is 1. The van der Waals surface area contributed by atoms with Crippen LogP contribution in [0.15, 0.2) is 24.5 Å². The molecule has 0 bridgehead atoms. The van der Waals surface area contributed by atoms with Gasteiger partial charge in [-0.15, -0.1) is 15.3 Å². The summed E-state index contributed by atoms with van der Waals surface area (Å²) in [7, 11) is 2.00. The number of hydrogen-bond donors (Lipinski definition) is 1. The number of aromatic nitrogens is 6. The molecule has 8 nitrogen and oxygen atoms in total. The van der Waals surface area contributed by atoms with Gasteiger partial charge in [-0.2, -0.15) is 9.61 Å². The van der Waals surface area contributed by atoms with Gasteiger partial charge in [-0.05, 0) is 31.9 Å². The summed E-state index contributed by atoms with van der Waals surface area (Å²) in [4.78, 5) is 2.39. The maximum absolute atomic E-state index is 4.49. The average molecular weight is 312 g/mol. The van der Waals surface area contributed by atoms with Crippen molar-refractivity contribution in [3.8, 4) is 0 Å². The van der Waals surface area contributed by atoms with Crippen LogP contribution in [-0.2, 0) is 7.05 Å². The molecule has 4 rings (SSSR count). The Morgan fingerprint density at radius 2 is 2.17 bits per heavy atom. The van der Waals surface area contributed by atoms with Crippen LogP contribution in [0, 0.1) is 6.92 Å². The fourth-order valence-corrected chi connectivity index (χ4v) is 3.21. The summed E-state index contributed by atoms with van der Waals surface area (Å²) in [6.07, 6.45) is 3.90. The molecule has 1 aliphatic heterocycles. The van der Waals surface area contributed by atoms with Crippen LogP contribution in [0.3, 0.4) is 0 Å². The second-order valence-electron chi connectivity index (χ2n) is 6.05. The summed E-state index contributed by atoms with van der Waals surface area (Å²) in [6, 6.07) is 6.38. The SMILES string of the molecule is Cc1cc(N2CCCC(Nc3ccc4nncn4n3)C2)n(C)n1. The zero-order valence-corrected chi connectivity index (χ0v) is 13.3. The number of rotatable bonds is 3. The van der Waals surface area contributed by atoms with Crippen molar-refractivity contribution < 1.29 is 0 Å². The lowest BCUT2D eigenvalue weighted by molar-refractivity contribution is 0.517. The standard InChI is InChI=1S/C15H20N8/c1-11-8-15(21(2)19-11)22-7-3-4-12(9-22)17-13-5-6-14-18-16-10-23(14)20-13/h5-6,8,10,12H,3-4,7,9H2,1-2H3,(H,17,20). The summed E-state index contributed by atoms with van der Waals surface area (Å²) in [6.45, 7) is 4.04. The highest BCUT2D eigenvalue weighted by molar-refractivity contribution is 5.45. The van der Waals surface area contributed by atoms with E-state index in [1.807, 2.05) is 30.8 Å². The second-order valence-corrected chi connectivity index (χ2v) is 6.05. The minimum atomic E-state index is 0.361. The smallest absolute Gasteiger partial charge is 0.177 e. The van der Waals surface area contributed by atoms with E-state index in [0.29, 0.717) is 6.04 Å². The lowest BCUT2D eigenvalue weighted by Gasteiger charge is -2.34. The summed E-state index contributed by atoms with van der Waals surface area (Å²) in [5, 5.41) is 20.3. The summed E-state index contributed by atoms with van der Waals surface area (Å²) >= 11 is 0. The van der Waals surface area contributed by atoms with E-state index in [2.05, 4.69) is 36.7 Å². The van der Waals surface area contributed by atoms with Gasteiger partial charge in [0.2, 0.25) is 0 Å². The lowest BCUT2D eigenvalue weighted by atomic mass is 10.1. The van der Waals surface area contributed by atoms with Gasteiger partial charge >= 0.3 is 0 Å². The van der Waals surface area contributed by atoms with E-state index < -0.39 is 0 Å². The van der Waals surface area contributed by atoms with Crippen molar-refractivity contribution in [1.82, 2.24) is 29.6 Å². The number of hydrogen-bond acceptors (Lipinski definition) is 6. The Hall–Kier alpha value is -2.64. The largest absolute Gasteiger partial charge is 0.364 e. The highest BCUT2D eigenvalue weighted by Crippen LogP contribution is 2.22. The molecule has 3 aromatic heterocycles. The number of anilines is 2. The predicted molar refractivity (Wildman–Crippen MR) is 87.6 cm³/mol. The molecule has 0 saturated carbocycles. The lowest BCUT2D eigenvalue weighted by Crippen LogP contribution is -2.43. The quantitative estimate of drug-likeness (QED) is 0.784. The molecule has 0 radical (unpaired) electrons.